The van der Waals surface area contributed by atoms with E-state index in [9.17, 15) is 14.4 Å². The maximum Gasteiger partial charge on any atom is 0.508 e. The Bertz CT molecular complexity index is 1070. The van der Waals surface area contributed by atoms with E-state index in [1.165, 1.54) is 19.3 Å². The van der Waals surface area contributed by atoms with Gasteiger partial charge in [-0.25, -0.2) is 4.79 Å². The van der Waals surface area contributed by atoms with Gasteiger partial charge in [-0.1, -0.05) is 81.7 Å². The minimum absolute atomic E-state index is 0.0287. The van der Waals surface area contributed by atoms with Gasteiger partial charge in [0.15, 0.2) is 11.6 Å². The van der Waals surface area contributed by atoms with Crippen molar-refractivity contribution in [2.45, 2.75) is 70.4 Å². The van der Waals surface area contributed by atoms with Crippen LogP contribution in [-0.2, 0) is 16.1 Å². The maximum atomic E-state index is 12.8. The molecule has 0 amide bonds. The van der Waals surface area contributed by atoms with Gasteiger partial charge in [0, 0.05) is 22.3 Å². The fourth-order valence-corrected chi connectivity index (χ4v) is 6.09. The summed E-state index contributed by atoms with van der Waals surface area (Å²) in [4.78, 5) is 37.4. The molecule has 3 rings (SSSR count). The fourth-order valence-electron chi connectivity index (χ4n) is 4.24. The first-order valence-corrected chi connectivity index (χ1v) is 17.7. The number of halogens is 3. The predicted molar refractivity (Wildman–Crippen MR) is 146 cm³/mol. The summed E-state index contributed by atoms with van der Waals surface area (Å²) < 4.78 is 10.3. The Morgan fingerprint density at radius 3 is 1.81 bits per heavy atom. The van der Waals surface area contributed by atoms with Crippen LogP contribution in [0.2, 0.25) is 6.04 Å². The Labute approximate surface area is 227 Å². The first-order valence-electron chi connectivity index (χ1n) is 12.4. The van der Waals surface area contributed by atoms with Crippen molar-refractivity contribution < 1.29 is 23.9 Å². The third-order valence-corrected chi connectivity index (χ3v) is 8.79. The third-order valence-electron chi connectivity index (χ3n) is 6.17. The lowest BCUT2D eigenvalue weighted by Gasteiger charge is -2.18. The lowest BCUT2D eigenvalue weighted by atomic mass is 9.83. The fraction of sp³-hybridized carbons (Fsp3) is 0.444. The topological polar surface area (TPSA) is 69.7 Å². The van der Waals surface area contributed by atoms with E-state index in [-0.39, 0.29) is 18.2 Å². The first-order chi connectivity index (χ1) is 17.3. The van der Waals surface area contributed by atoms with Crippen molar-refractivity contribution in [3.8, 4) is 0 Å². The third kappa shape index (κ3) is 8.91. The molecule has 194 valence electrons. The summed E-state index contributed by atoms with van der Waals surface area (Å²) in [5.41, 5.74) is 2.13. The van der Waals surface area contributed by atoms with E-state index < -0.39 is 12.2 Å². The SMILES string of the molecule is O=C(OCCCCCCCCCCC[Si](Cl)(Cl)Cl)OCc1ccc2c(c1)C(=O)c1ccccc1C2=O. The summed E-state index contributed by atoms with van der Waals surface area (Å²) in [5, 5.41) is 0. The molecule has 1 aliphatic carbocycles. The van der Waals surface area contributed by atoms with Crippen LogP contribution in [0.15, 0.2) is 42.5 Å². The maximum absolute atomic E-state index is 12.8. The Morgan fingerprint density at radius 1 is 0.667 bits per heavy atom. The van der Waals surface area contributed by atoms with Gasteiger partial charge >= 0.3 is 12.2 Å². The quantitative estimate of drug-likeness (QED) is 0.0845. The van der Waals surface area contributed by atoms with E-state index in [4.69, 9.17) is 42.7 Å². The monoisotopic (exact) mass is 568 g/mol. The number of hydrogen-bond donors (Lipinski definition) is 0. The molecule has 0 heterocycles. The van der Waals surface area contributed by atoms with Gasteiger partial charge in [-0.05, 0) is 30.2 Å². The molecule has 0 radical (unpaired) electrons. The van der Waals surface area contributed by atoms with Gasteiger partial charge in [0.2, 0.25) is 0 Å². The normalized spacial score (nSPS) is 12.8. The van der Waals surface area contributed by atoms with Gasteiger partial charge in [-0.15, -0.1) is 33.2 Å². The molecule has 2 aromatic rings. The molecule has 0 atom stereocenters. The number of carbonyl (C=O) groups excluding carboxylic acids is 3. The minimum Gasteiger partial charge on any atom is -0.434 e. The summed E-state index contributed by atoms with van der Waals surface area (Å²) in [5.74, 6) is -0.378. The van der Waals surface area contributed by atoms with Crippen LogP contribution in [0.5, 0.6) is 0 Å². The van der Waals surface area contributed by atoms with Gasteiger partial charge in [0.25, 0.3) is 0 Å². The zero-order valence-corrected chi connectivity index (χ0v) is 23.5. The molecule has 0 aromatic heterocycles. The summed E-state index contributed by atoms with van der Waals surface area (Å²) in [7, 11) is 0. The number of ketones is 2. The summed E-state index contributed by atoms with van der Waals surface area (Å²) >= 11 is 17.6. The van der Waals surface area contributed by atoms with Crippen LogP contribution in [0.1, 0.15) is 95.2 Å². The molecule has 0 bridgehead atoms. The van der Waals surface area contributed by atoms with Gasteiger partial charge in [0.1, 0.15) is 6.61 Å². The highest BCUT2D eigenvalue weighted by Crippen LogP contribution is 2.29. The number of carbonyl (C=O) groups is 3. The molecule has 0 saturated carbocycles. The molecule has 0 aliphatic heterocycles. The summed E-state index contributed by atoms with van der Waals surface area (Å²) in [6.07, 6.45) is 8.97. The van der Waals surface area contributed by atoms with E-state index in [0.717, 1.165) is 44.6 Å². The molecule has 2 aromatic carbocycles. The van der Waals surface area contributed by atoms with Crippen molar-refractivity contribution in [3.63, 3.8) is 0 Å². The molecule has 36 heavy (non-hydrogen) atoms. The molecule has 0 spiro atoms. The van der Waals surface area contributed by atoms with E-state index in [1.54, 1.807) is 42.5 Å². The van der Waals surface area contributed by atoms with E-state index in [2.05, 4.69) is 0 Å². The number of fused-ring (bicyclic) bond motifs is 2. The average Bonchev–Trinajstić information content (AvgIpc) is 2.86. The number of rotatable bonds is 14. The van der Waals surface area contributed by atoms with Crippen molar-refractivity contribution in [3.05, 3.63) is 70.3 Å². The second kappa shape index (κ2) is 14.2. The van der Waals surface area contributed by atoms with Crippen LogP contribution in [0.4, 0.5) is 4.79 Å². The highest BCUT2D eigenvalue weighted by atomic mass is 35.8. The second-order valence-corrected chi connectivity index (χ2v) is 18.3. The van der Waals surface area contributed by atoms with E-state index >= 15 is 0 Å². The zero-order chi connectivity index (χ0) is 26.0. The molecule has 5 nitrogen and oxygen atoms in total. The highest BCUT2D eigenvalue weighted by Gasteiger charge is 2.29. The Hall–Kier alpha value is -1.86. The number of hydrogen-bond acceptors (Lipinski definition) is 5. The molecular formula is C27H31Cl3O5Si. The average molecular weight is 570 g/mol. The predicted octanol–water partition coefficient (Wildman–Crippen LogP) is 8.28. The molecular weight excluding hydrogens is 539 g/mol. The van der Waals surface area contributed by atoms with Crippen LogP contribution < -0.4 is 0 Å². The lowest BCUT2D eigenvalue weighted by Crippen LogP contribution is -2.21. The molecule has 0 saturated heterocycles. The Balaban J connectivity index is 1.27. The number of ether oxygens (including phenoxy) is 2. The number of unbranched alkanes of at least 4 members (excludes halogenated alkanes) is 8. The van der Waals surface area contributed by atoms with Crippen molar-refractivity contribution in [1.82, 2.24) is 0 Å². The van der Waals surface area contributed by atoms with Gasteiger partial charge in [-0.3, -0.25) is 9.59 Å². The molecule has 0 fully saturated rings. The zero-order valence-electron chi connectivity index (χ0n) is 20.2. The minimum atomic E-state index is -2.45. The van der Waals surface area contributed by atoms with Crippen molar-refractivity contribution in [2.75, 3.05) is 6.61 Å². The van der Waals surface area contributed by atoms with Gasteiger partial charge < -0.3 is 9.47 Å². The van der Waals surface area contributed by atoms with E-state index in [0.29, 0.717) is 34.4 Å². The van der Waals surface area contributed by atoms with E-state index in [1.807, 2.05) is 0 Å². The summed E-state index contributed by atoms with van der Waals surface area (Å²) in [6, 6.07) is 9.98. The molecule has 0 unspecified atom stereocenters. The standard InChI is InChI=1S/C27H31Cl3O5Si/c28-36(29,30)17-11-7-5-3-1-2-4-6-10-16-34-27(33)35-19-20-14-15-23-24(18-20)26(32)22-13-9-8-12-21(22)25(23)31/h8-9,12-15,18H,1-7,10-11,16-17,19H2. The van der Waals surface area contributed by atoms with Crippen molar-refractivity contribution >= 4 is 57.0 Å². The summed E-state index contributed by atoms with van der Waals surface area (Å²) in [6.45, 7) is 0.285. The van der Waals surface area contributed by atoms with Gasteiger partial charge in [-0.2, -0.15) is 0 Å². The van der Waals surface area contributed by atoms with Crippen LogP contribution in [0.3, 0.4) is 0 Å². The smallest absolute Gasteiger partial charge is 0.434 e. The molecule has 0 N–H and O–H groups in total. The highest BCUT2D eigenvalue weighted by molar-refractivity contribution is 7.64. The second-order valence-electron chi connectivity index (χ2n) is 9.02. The van der Waals surface area contributed by atoms with Crippen LogP contribution >= 0.6 is 33.2 Å². The number of benzene rings is 2. The first kappa shape index (κ1) is 28.7. The van der Waals surface area contributed by atoms with Crippen LogP contribution in [-0.4, -0.2) is 30.3 Å². The van der Waals surface area contributed by atoms with Crippen LogP contribution in [0, 0.1) is 0 Å². The molecule has 9 heteroatoms. The van der Waals surface area contributed by atoms with Crippen molar-refractivity contribution in [2.24, 2.45) is 0 Å². The molecule has 1 aliphatic rings. The Morgan fingerprint density at radius 2 is 1.19 bits per heavy atom. The Kier molecular flexibility index (Phi) is 11.3. The largest absolute Gasteiger partial charge is 0.508 e. The lowest BCUT2D eigenvalue weighted by molar-refractivity contribution is 0.0487. The van der Waals surface area contributed by atoms with Crippen molar-refractivity contribution in [1.29, 1.82) is 0 Å². The van der Waals surface area contributed by atoms with Crippen LogP contribution in [0.25, 0.3) is 0 Å². The van der Waals surface area contributed by atoms with Gasteiger partial charge in [0.05, 0.1) is 6.61 Å².